The molecule has 1 heterocycles. The highest BCUT2D eigenvalue weighted by Gasteiger charge is 2.21. The molecule has 21 heavy (non-hydrogen) atoms. The van der Waals surface area contributed by atoms with Crippen molar-refractivity contribution < 1.29 is 0 Å². The maximum atomic E-state index is 3.67. The number of aromatic nitrogens is 2. The summed E-state index contributed by atoms with van der Waals surface area (Å²) in [5.41, 5.74) is 2.81. The van der Waals surface area contributed by atoms with Crippen LogP contribution in [0.2, 0.25) is 5.82 Å². The summed E-state index contributed by atoms with van der Waals surface area (Å²) in [7, 11) is 0. The number of benzene rings is 2. The Balaban J connectivity index is 0.000000272. The lowest BCUT2D eigenvalue weighted by Gasteiger charge is -2.18. The maximum Gasteiger partial charge on any atom is 0.211 e. The largest absolute Gasteiger partial charge is 0.351 e. The smallest absolute Gasteiger partial charge is 0.211 e. The van der Waals surface area contributed by atoms with Gasteiger partial charge in [0.25, 0.3) is 0 Å². The third kappa shape index (κ3) is 4.64. The van der Waals surface area contributed by atoms with Crippen LogP contribution in [0, 0.1) is 0 Å². The van der Waals surface area contributed by atoms with Gasteiger partial charge in [-0.25, -0.2) is 4.98 Å². The van der Waals surface area contributed by atoms with Gasteiger partial charge in [-0.15, -0.1) is 0 Å². The van der Waals surface area contributed by atoms with Crippen molar-refractivity contribution in [2.24, 2.45) is 0 Å². The maximum absolute atomic E-state index is 3.67. The summed E-state index contributed by atoms with van der Waals surface area (Å²) < 4.78 is 0. The Hall–Kier alpha value is -2.29. The second kappa shape index (κ2) is 8.10. The topological polar surface area (TPSA) is 28.7 Å². The lowest BCUT2D eigenvalue weighted by molar-refractivity contribution is 1.05. The molecule has 0 aliphatic heterocycles. The van der Waals surface area contributed by atoms with Gasteiger partial charge in [-0.2, -0.15) is 0 Å². The second-order valence-electron chi connectivity index (χ2n) is 5.30. The Morgan fingerprint density at radius 3 is 1.67 bits per heavy atom. The minimum Gasteiger partial charge on any atom is -0.351 e. The molecule has 0 amide bonds. The molecule has 106 valence electrons. The third-order valence-electron chi connectivity index (χ3n) is 3.39. The first-order valence-corrected chi connectivity index (χ1v) is 7.31. The van der Waals surface area contributed by atoms with Crippen molar-refractivity contribution >= 4 is 17.6 Å². The Morgan fingerprint density at radius 1 is 0.857 bits per heavy atom. The average molecular weight is 276 g/mol. The predicted molar refractivity (Wildman–Crippen MR) is 91.6 cm³/mol. The summed E-state index contributed by atoms with van der Waals surface area (Å²) in [6, 6.07) is 21.5. The highest BCUT2D eigenvalue weighted by molar-refractivity contribution is 6.86. The molecule has 0 fully saturated rings. The first-order chi connectivity index (χ1) is 10.3. The van der Waals surface area contributed by atoms with Crippen LogP contribution in [0.5, 0.6) is 0 Å². The fourth-order valence-electron chi connectivity index (χ4n) is 2.50. The zero-order valence-electron chi connectivity index (χ0n) is 12.6. The van der Waals surface area contributed by atoms with E-state index in [4.69, 9.17) is 0 Å². The van der Waals surface area contributed by atoms with Gasteiger partial charge in [0.2, 0.25) is 6.71 Å². The molecule has 3 aromatic rings. The van der Waals surface area contributed by atoms with Gasteiger partial charge in [0.05, 0.1) is 6.33 Å². The Labute approximate surface area is 127 Å². The van der Waals surface area contributed by atoms with Gasteiger partial charge in [-0.3, -0.25) is 0 Å². The highest BCUT2D eigenvalue weighted by Crippen LogP contribution is 2.08. The van der Waals surface area contributed by atoms with Gasteiger partial charge in [0.1, 0.15) is 0 Å². The van der Waals surface area contributed by atoms with Crippen molar-refractivity contribution in [2.75, 3.05) is 0 Å². The molecule has 0 saturated heterocycles. The Bertz CT molecular complexity index is 535. The summed E-state index contributed by atoms with van der Waals surface area (Å²) in [6.07, 6.45) is 5.08. The van der Waals surface area contributed by atoms with Gasteiger partial charge in [0, 0.05) is 12.4 Å². The van der Waals surface area contributed by atoms with E-state index in [1.54, 1.807) is 18.7 Å². The molecule has 0 aliphatic carbocycles. The first kappa shape index (κ1) is 15.1. The van der Waals surface area contributed by atoms with E-state index < -0.39 is 0 Å². The van der Waals surface area contributed by atoms with Crippen LogP contribution in [0.3, 0.4) is 0 Å². The Morgan fingerprint density at radius 2 is 1.38 bits per heavy atom. The summed E-state index contributed by atoms with van der Waals surface area (Å²) >= 11 is 0. The third-order valence-corrected chi connectivity index (χ3v) is 3.39. The molecule has 0 saturated carbocycles. The van der Waals surface area contributed by atoms with E-state index in [1.807, 2.05) is 0 Å². The molecule has 1 N–H and O–H groups in total. The fourth-order valence-corrected chi connectivity index (χ4v) is 2.50. The average Bonchev–Trinajstić information content (AvgIpc) is 3.09. The standard InChI is InChI=1S/C15H17B.C3H4N2/c1-13(2)16(14-9-5-3-6-10-14)15-11-7-4-8-12-15;1-2-5-3-4-1/h3-13H,1-2H3;1-3H,(H,4,5). The van der Waals surface area contributed by atoms with Crippen LogP contribution in [0.4, 0.5) is 0 Å². The van der Waals surface area contributed by atoms with E-state index in [1.165, 1.54) is 10.9 Å². The minimum atomic E-state index is 0.502. The molecule has 2 aromatic carbocycles. The van der Waals surface area contributed by atoms with Gasteiger partial charge >= 0.3 is 0 Å². The SMILES string of the molecule is CC(C)B(c1ccccc1)c1ccccc1.c1c[nH]cn1. The van der Waals surface area contributed by atoms with Crippen LogP contribution in [-0.2, 0) is 0 Å². The van der Waals surface area contributed by atoms with Crippen LogP contribution in [0.1, 0.15) is 13.8 Å². The van der Waals surface area contributed by atoms with Crippen LogP contribution >= 0.6 is 0 Å². The molecular formula is C18H21BN2. The molecule has 0 unspecified atom stereocenters. The summed E-state index contributed by atoms with van der Waals surface area (Å²) in [5, 5.41) is 0. The number of hydrogen-bond acceptors (Lipinski definition) is 1. The molecule has 0 spiro atoms. The van der Waals surface area contributed by atoms with E-state index in [9.17, 15) is 0 Å². The van der Waals surface area contributed by atoms with Crippen LogP contribution in [0.25, 0.3) is 0 Å². The van der Waals surface area contributed by atoms with Gasteiger partial charge in [-0.1, -0.05) is 91.3 Å². The van der Waals surface area contributed by atoms with Crippen molar-refractivity contribution in [3.8, 4) is 0 Å². The molecule has 2 nitrogen and oxygen atoms in total. The van der Waals surface area contributed by atoms with Crippen molar-refractivity contribution in [1.29, 1.82) is 0 Å². The highest BCUT2D eigenvalue weighted by atomic mass is 14.8. The molecule has 0 aliphatic rings. The lowest BCUT2D eigenvalue weighted by atomic mass is 9.34. The monoisotopic (exact) mass is 276 g/mol. The number of aromatic amines is 1. The quantitative estimate of drug-likeness (QED) is 0.731. The number of H-pyrrole nitrogens is 1. The van der Waals surface area contributed by atoms with E-state index in [0.717, 1.165) is 0 Å². The minimum absolute atomic E-state index is 0.502. The van der Waals surface area contributed by atoms with E-state index in [2.05, 4.69) is 84.5 Å². The van der Waals surface area contributed by atoms with E-state index >= 15 is 0 Å². The van der Waals surface area contributed by atoms with Crippen LogP contribution in [-0.4, -0.2) is 16.7 Å². The molecule has 0 bridgehead atoms. The molecular weight excluding hydrogens is 255 g/mol. The number of nitrogens with one attached hydrogen (secondary N) is 1. The number of hydrogen-bond donors (Lipinski definition) is 1. The zero-order chi connectivity index (χ0) is 14.9. The van der Waals surface area contributed by atoms with Crippen molar-refractivity contribution in [1.82, 2.24) is 9.97 Å². The van der Waals surface area contributed by atoms with E-state index in [0.29, 0.717) is 12.5 Å². The van der Waals surface area contributed by atoms with E-state index in [-0.39, 0.29) is 0 Å². The summed E-state index contributed by atoms with van der Waals surface area (Å²) in [4.78, 5) is 6.42. The number of imidazole rings is 1. The molecule has 3 rings (SSSR count). The summed E-state index contributed by atoms with van der Waals surface area (Å²) in [5.74, 6) is 0.616. The Kier molecular flexibility index (Phi) is 5.83. The number of nitrogens with zero attached hydrogens (tertiary/aromatic N) is 1. The van der Waals surface area contributed by atoms with Crippen LogP contribution in [0.15, 0.2) is 79.4 Å². The van der Waals surface area contributed by atoms with Crippen LogP contribution < -0.4 is 10.9 Å². The van der Waals surface area contributed by atoms with Crippen molar-refractivity contribution in [3.05, 3.63) is 79.4 Å². The molecule has 3 heteroatoms. The van der Waals surface area contributed by atoms with Gasteiger partial charge in [-0.05, 0) is 0 Å². The molecule has 0 atom stereocenters. The lowest BCUT2D eigenvalue weighted by Crippen LogP contribution is -2.44. The second-order valence-corrected chi connectivity index (χ2v) is 5.30. The fraction of sp³-hybridized carbons (Fsp3) is 0.167. The van der Waals surface area contributed by atoms with Crippen molar-refractivity contribution in [2.45, 2.75) is 19.7 Å². The molecule has 1 aromatic heterocycles. The van der Waals surface area contributed by atoms with Crippen molar-refractivity contribution in [3.63, 3.8) is 0 Å². The zero-order valence-corrected chi connectivity index (χ0v) is 12.6. The first-order valence-electron chi connectivity index (χ1n) is 7.31. The van der Waals surface area contributed by atoms with Gasteiger partial charge in [0.15, 0.2) is 0 Å². The normalized spacial score (nSPS) is 9.86. The number of rotatable bonds is 3. The predicted octanol–water partition coefficient (Wildman–Crippen LogP) is 3.12. The van der Waals surface area contributed by atoms with Gasteiger partial charge < -0.3 is 4.98 Å². The summed E-state index contributed by atoms with van der Waals surface area (Å²) in [6.45, 7) is 5.07. The molecule has 0 radical (unpaired) electrons.